The Morgan fingerprint density at radius 3 is 2.26 bits per heavy atom. The van der Waals surface area contributed by atoms with Crippen LogP contribution in [0.2, 0.25) is 0 Å². The van der Waals surface area contributed by atoms with E-state index in [0.29, 0.717) is 6.61 Å². The summed E-state index contributed by atoms with van der Waals surface area (Å²) in [5.74, 6) is 1.78. The van der Waals surface area contributed by atoms with Gasteiger partial charge in [0.05, 0.1) is 11.8 Å². The topological polar surface area (TPSA) is 30.5 Å². The highest BCUT2D eigenvalue weighted by Crippen LogP contribution is 2.25. The van der Waals surface area contributed by atoms with Gasteiger partial charge < -0.3 is 14.8 Å². The minimum atomic E-state index is 0.239. The fourth-order valence-corrected chi connectivity index (χ4v) is 2.67. The van der Waals surface area contributed by atoms with Crippen LogP contribution in [-0.2, 0) is 13.2 Å². The minimum Gasteiger partial charge on any atom is -0.491 e. The van der Waals surface area contributed by atoms with E-state index in [4.69, 9.17) is 9.47 Å². The van der Waals surface area contributed by atoms with E-state index in [1.54, 1.807) is 0 Å². The zero-order valence-corrected chi connectivity index (χ0v) is 16.0. The van der Waals surface area contributed by atoms with Crippen LogP contribution >= 0.6 is 0 Å². The number of hydrogen-bond acceptors (Lipinski definition) is 3. The molecule has 0 aromatic heterocycles. The molecule has 1 atom stereocenters. The van der Waals surface area contributed by atoms with E-state index in [1.807, 2.05) is 54.6 Å². The SMILES string of the molecule is CCC(C)Oc1ccc(CNc2ccccc2OCc2ccccc2)cc1. The van der Waals surface area contributed by atoms with Crippen LogP contribution in [0.4, 0.5) is 5.69 Å². The number of para-hydroxylation sites is 2. The number of nitrogens with one attached hydrogen (secondary N) is 1. The first-order valence-corrected chi connectivity index (χ1v) is 9.50. The second kappa shape index (κ2) is 9.67. The van der Waals surface area contributed by atoms with Crippen LogP contribution in [0, 0.1) is 0 Å². The first-order chi connectivity index (χ1) is 13.2. The molecule has 0 aliphatic heterocycles. The second-order valence-electron chi connectivity index (χ2n) is 6.60. The van der Waals surface area contributed by atoms with Crippen molar-refractivity contribution in [1.29, 1.82) is 0 Å². The number of rotatable bonds is 9. The van der Waals surface area contributed by atoms with Gasteiger partial charge >= 0.3 is 0 Å². The maximum Gasteiger partial charge on any atom is 0.142 e. The van der Waals surface area contributed by atoms with Crippen molar-refractivity contribution < 1.29 is 9.47 Å². The summed E-state index contributed by atoms with van der Waals surface area (Å²) in [4.78, 5) is 0. The van der Waals surface area contributed by atoms with Crippen LogP contribution < -0.4 is 14.8 Å². The second-order valence-corrected chi connectivity index (χ2v) is 6.60. The van der Waals surface area contributed by atoms with Gasteiger partial charge in [0.15, 0.2) is 0 Å². The molecule has 0 bridgehead atoms. The zero-order valence-electron chi connectivity index (χ0n) is 16.0. The molecule has 0 fully saturated rings. The van der Waals surface area contributed by atoms with E-state index in [2.05, 4.69) is 43.4 Å². The van der Waals surface area contributed by atoms with Crippen molar-refractivity contribution in [2.45, 2.75) is 39.5 Å². The summed E-state index contributed by atoms with van der Waals surface area (Å²) in [5, 5.41) is 3.47. The first-order valence-electron chi connectivity index (χ1n) is 9.50. The van der Waals surface area contributed by atoms with Crippen molar-refractivity contribution in [2.24, 2.45) is 0 Å². The Morgan fingerprint density at radius 2 is 1.52 bits per heavy atom. The largest absolute Gasteiger partial charge is 0.491 e. The Hall–Kier alpha value is -2.94. The fraction of sp³-hybridized carbons (Fsp3) is 0.250. The lowest BCUT2D eigenvalue weighted by Gasteiger charge is -2.15. The number of ether oxygens (including phenoxy) is 2. The Labute approximate surface area is 162 Å². The summed E-state index contributed by atoms with van der Waals surface area (Å²) in [5.41, 5.74) is 3.35. The first kappa shape index (κ1) is 18.8. The van der Waals surface area contributed by atoms with Gasteiger partial charge in [-0.1, -0.05) is 61.5 Å². The molecule has 1 N–H and O–H groups in total. The maximum absolute atomic E-state index is 6.00. The van der Waals surface area contributed by atoms with Crippen LogP contribution in [0.25, 0.3) is 0 Å². The van der Waals surface area contributed by atoms with Gasteiger partial charge in [0.25, 0.3) is 0 Å². The molecule has 0 aliphatic carbocycles. The van der Waals surface area contributed by atoms with Crippen LogP contribution in [-0.4, -0.2) is 6.10 Å². The smallest absolute Gasteiger partial charge is 0.142 e. The molecule has 0 amide bonds. The van der Waals surface area contributed by atoms with Crippen LogP contribution in [0.1, 0.15) is 31.4 Å². The van der Waals surface area contributed by atoms with Gasteiger partial charge in [-0.25, -0.2) is 0 Å². The van der Waals surface area contributed by atoms with Gasteiger partial charge in [0.1, 0.15) is 18.1 Å². The molecule has 1 unspecified atom stereocenters. The fourth-order valence-electron chi connectivity index (χ4n) is 2.67. The zero-order chi connectivity index (χ0) is 18.9. The third-order valence-electron chi connectivity index (χ3n) is 4.44. The van der Waals surface area contributed by atoms with Crippen molar-refractivity contribution >= 4 is 5.69 Å². The average molecular weight is 361 g/mol. The van der Waals surface area contributed by atoms with Crippen LogP contribution in [0.3, 0.4) is 0 Å². The van der Waals surface area contributed by atoms with Crippen molar-refractivity contribution in [3.8, 4) is 11.5 Å². The number of benzene rings is 3. The lowest BCUT2D eigenvalue weighted by atomic mass is 10.2. The summed E-state index contributed by atoms with van der Waals surface area (Å²) >= 11 is 0. The highest BCUT2D eigenvalue weighted by molar-refractivity contribution is 5.56. The molecule has 140 valence electrons. The molecule has 3 aromatic carbocycles. The van der Waals surface area contributed by atoms with E-state index in [0.717, 1.165) is 35.7 Å². The lowest BCUT2D eigenvalue weighted by molar-refractivity contribution is 0.217. The molecule has 3 heteroatoms. The van der Waals surface area contributed by atoms with Crippen molar-refractivity contribution in [3.63, 3.8) is 0 Å². The van der Waals surface area contributed by atoms with Crippen LogP contribution in [0.5, 0.6) is 11.5 Å². The van der Waals surface area contributed by atoms with E-state index < -0.39 is 0 Å². The Balaban J connectivity index is 1.58. The monoisotopic (exact) mass is 361 g/mol. The van der Waals surface area contributed by atoms with Crippen molar-refractivity contribution in [2.75, 3.05) is 5.32 Å². The summed E-state index contributed by atoms with van der Waals surface area (Å²) in [6, 6.07) is 26.5. The lowest BCUT2D eigenvalue weighted by Crippen LogP contribution is -2.09. The highest BCUT2D eigenvalue weighted by Gasteiger charge is 2.05. The molecule has 0 aliphatic rings. The number of hydrogen-bond donors (Lipinski definition) is 1. The molecular weight excluding hydrogens is 334 g/mol. The summed E-state index contributed by atoms with van der Waals surface area (Å²) < 4.78 is 11.8. The Kier molecular flexibility index (Phi) is 6.75. The molecule has 27 heavy (non-hydrogen) atoms. The van der Waals surface area contributed by atoms with Gasteiger partial charge in [0.2, 0.25) is 0 Å². The van der Waals surface area contributed by atoms with Crippen LogP contribution in [0.15, 0.2) is 78.9 Å². The molecule has 3 nitrogen and oxygen atoms in total. The van der Waals surface area contributed by atoms with Crippen molar-refractivity contribution in [1.82, 2.24) is 0 Å². The number of anilines is 1. The molecule has 0 saturated carbocycles. The molecule has 0 spiro atoms. The third-order valence-corrected chi connectivity index (χ3v) is 4.44. The normalized spacial score (nSPS) is 11.6. The molecule has 0 saturated heterocycles. The molecular formula is C24H27NO2. The van der Waals surface area contributed by atoms with E-state index >= 15 is 0 Å². The minimum absolute atomic E-state index is 0.239. The third kappa shape index (κ3) is 5.78. The molecule has 0 radical (unpaired) electrons. The van der Waals surface area contributed by atoms with Gasteiger partial charge in [-0.15, -0.1) is 0 Å². The summed E-state index contributed by atoms with van der Waals surface area (Å²) in [7, 11) is 0. The van der Waals surface area contributed by atoms with E-state index in [9.17, 15) is 0 Å². The Bertz CT molecular complexity index is 815. The Morgan fingerprint density at radius 1 is 0.815 bits per heavy atom. The predicted molar refractivity (Wildman–Crippen MR) is 111 cm³/mol. The van der Waals surface area contributed by atoms with E-state index in [-0.39, 0.29) is 6.10 Å². The predicted octanol–water partition coefficient (Wildman–Crippen LogP) is 6.06. The maximum atomic E-state index is 6.00. The molecule has 3 rings (SSSR count). The van der Waals surface area contributed by atoms with Gasteiger partial charge in [-0.2, -0.15) is 0 Å². The van der Waals surface area contributed by atoms with Gasteiger partial charge in [0, 0.05) is 6.54 Å². The summed E-state index contributed by atoms with van der Waals surface area (Å²) in [6.07, 6.45) is 1.24. The van der Waals surface area contributed by atoms with Crippen molar-refractivity contribution in [3.05, 3.63) is 90.0 Å². The molecule has 0 heterocycles. The summed E-state index contributed by atoms with van der Waals surface area (Å²) in [6.45, 7) is 5.50. The van der Waals surface area contributed by atoms with E-state index in [1.165, 1.54) is 5.56 Å². The molecule has 3 aromatic rings. The average Bonchev–Trinajstić information content (AvgIpc) is 2.73. The highest BCUT2D eigenvalue weighted by atomic mass is 16.5. The quantitative estimate of drug-likeness (QED) is 0.503. The standard InChI is InChI=1S/C24H27NO2/c1-3-19(2)27-22-15-13-20(14-16-22)17-25-23-11-7-8-12-24(23)26-18-21-9-5-4-6-10-21/h4-16,19,25H,3,17-18H2,1-2H3. The van der Waals surface area contributed by atoms with Gasteiger partial charge in [-0.3, -0.25) is 0 Å². The van der Waals surface area contributed by atoms with Gasteiger partial charge in [-0.05, 0) is 48.7 Å².